The van der Waals surface area contributed by atoms with E-state index in [1.165, 1.54) is 0 Å². The highest BCUT2D eigenvalue weighted by atomic mass is 35.5. The second-order valence-corrected chi connectivity index (χ2v) is 7.03. The van der Waals surface area contributed by atoms with Gasteiger partial charge < -0.3 is 24.4 Å². The van der Waals surface area contributed by atoms with Gasteiger partial charge in [0.1, 0.15) is 5.75 Å². The van der Waals surface area contributed by atoms with Crippen LogP contribution < -0.4 is 24.4 Å². The average Bonchev–Trinajstić information content (AvgIpc) is 3.17. The number of carbonyl (C=O) groups excluding carboxylic acids is 1. The van der Waals surface area contributed by atoms with Crippen LogP contribution in [0.3, 0.4) is 0 Å². The standard InChI is InChI=1S/C20H21ClN2O4/c1-25-17-7-3-2-6-16(17)23-8-4-5-14(11-23)22-20(24)13-9-15(21)19-18(10-13)26-12-27-19/h2-3,6-7,9-10,14H,4-5,8,11-12H2,1H3,(H,22,24). The molecule has 0 aliphatic carbocycles. The second-order valence-electron chi connectivity index (χ2n) is 6.62. The number of anilines is 1. The molecule has 2 aliphatic rings. The largest absolute Gasteiger partial charge is 0.495 e. The molecule has 2 aromatic rings. The van der Waals surface area contributed by atoms with Gasteiger partial charge in [-0.15, -0.1) is 0 Å². The molecule has 0 radical (unpaired) electrons. The number of fused-ring (bicyclic) bond motifs is 1. The number of methoxy groups -OCH3 is 1. The Balaban J connectivity index is 1.46. The van der Waals surface area contributed by atoms with Crippen LogP contribution in [0, 0.1) is 0 Å². The smallest absolute Gasteiger partial charge is 0.251 e. The van der Waals surface area contributed by atoms with Gasteiger partial charge >= 0.3 is 0 Å². The van der Waals surface area contributed by atoms with Gasteiger partial charge in [-0.1, -0.05) is 23.7 Å². The molecule has 142 valence electrons. The molecule has 0 spiro atoms. The third-order valence-electron chi connectivity index (χ3n) is 4.87. The first-order chi connectivity index (χ1) is 13.2. The third kappa shape index (κ3) is 3.62. The lowest BCUT2D eigenvalue weighted by molar-refractivity contribution is 0.0932. The van der Waals surface area contributed by atoms with Crippen LogP contribution in [0.5, 0.6) is 17.2 Å². The molecule has 2 heterocycles. The molecule has 1 unspecified atom stereocenters. The van der Waals surface area contributed by atoms with E-state index in [-0.39, 0.29) is 18.7 Å². The Morgan fingerprint density at radius 1 is 1.30 bits per heavy atom. The van der Waals surface area contributed by atoms with Crippen LogP contribution in [0.25, 0.3) is 0 Å². The van der Waals surface area contributed by atoms with Crippen molar-refractivity contribution in [3.05, 3.63) is 47.0 Å². The average molecular weight is 389 g/mol. The monoisotopic (exact) mass is 388 g/mol. The summed E-state index contributed by atoms with van der Waals surface area (Å²) in [7, 11) is 1.67. The van der Waals surface area contributed by atoms with Gasteiger partial charge in [0.05, 0.1) is 17.8 Å². The molecule has 0 saturated carbocycles. The van der Waals surface area contributed by atoms with Crippen LogP contribution in [0.2, 0.25) is 5.02 Å². The van der Waals surface area contributed by atoms with Gasteiger partial charge in [0.2, 0.25) is 6.79 Å². The zero-order chi connectivity index (χ0) is 18.8. The minimum Gasteiger partial charge on any atom is -0.495 e. The molecular formula is C20H21ClN2O4. The molecule has 6 nitrogen and oxygen atoms in total. The van der Waals surface area contributed by atoms with Gasteiger partial charge in [0, 0.05) is 24.7 Å². The topological polar surface area (TPSA) is 60.0 Å². The number of hydrogen-bond acceptors (Lipinski definition) is 5. The van der Waals surface area contributed by atoms with E-state index in [1.807, 2.05) is 24.3 Å². The van der Waals surface area contributed by atoms with Crippen LogP contribution in [-0.4, -0.2) is 38.9 Å². The van der Waals surface area contributed by atoms with E-state index >= 15 is 0 Å². The molecule has 0 aromatic heterocycles. The number of carbonyl (C=O) groups is 1. The number of hydrogen-bond donors (Lipinski definition) is 1. The van der Waals surface area contributed by atoms with Crippen LogP contribution >= 0.6 is 11.6 Å². The van der Waals surface area contributed by atoms with Gasteiger partial charge in [-0.3, -0.25) is 4.79 Å². The first kappa shape index (κ1) is 17.8. The van der Waals surface area contributed by atoms with E-state index in [1.54, 1.807) is 19.2 Å². The molecule has 1 fully saturated rings. The van der Waals surface area contributed by atoms with Gasteiger partial charge in [-0.05, 0) is 37.1 Å². The lowest BCUT2D eigenvalue weighted by Crippen LogP contribution is -2.47. The zero-order valence-corrected chi connectivity index (χ0v) is 15.8. The minimum absolute atomic E-state index is 0.0420. The number of nitrogens with zero attached hydrogens (tertiary/aromatic N) is 1. The number of rotatable bonds is 4. The van der Waals surface area contributed by atoms with Gasteiger partial charge in [-0.25, -0.2) is 0 Å². The van der Waals surface area contributed by atoms with Crippen molar-refractivity contribution in [1.29, 1.82) is 0 Å². The molecule has 7 heteroatoms. The number of ether oxygens (including phenoxy) is 3. The van der Waals surface area contributed by atoms with E-state index in [2.05, 4.69) is 10.2 Å². The molecule has 1 atom stereocenters. The molecular weight excluding hydrogens is 368 g/mol. The third-order valence-corrected chi connectivity index (χ3v) is 5.15. The normalized spacial score (nSPS) is 18.3. The number of nitrogens with one attached hydrogen (secondary N) is 1. The second kappa shape index (κ2) is 7.56. The van der Waals surface area contributed by atoms with E-state index in [0.717, 1.165) is 37.4 Å². The molecule has 4 rings (SSSR count). The van der Waals surface area contributed by atoms with Crippen LogP contribution in [0.4, 0.5) is 5.69 Å². The highest BCUT2D eigenvalue weighted by molar-refractivity contribution is 6.32. The number of amides is 1. The summed E-state index contributed by atoms with van der Waals surface area (Å²) in [5.74, 6) is 1.68. The quantitative estimate of drug-likeness (QED) is 0.869. The summed E-state index contributed by atoms with van der Waals surface area (Å²) in [4.78, 5) is 15.0. The fourth-order valence-electron chi connectivity index (χ4n) is 3.57. The number of para-hydroxylation sites is 2. The summed E-state index contributed by atoms with van der Waals surface area (Å²) >= 11 is 6.19. The van der Waals surface area contributed by atoms with Crippen LogP contribution in [-0.2, 0) is 0 Å². The summed E-state index contributed by atoms with van der Waals surface area (Å²) in [6, 6.07) is 11.3. The lowest BCUT2D eigenvalue weighted by atomic mass is 10.0. The van der Waals surface area contributed by atoms with Crippen molar-refractivity contribution in [2.24, 2.45) is 0 Å². The fraction of sp³-hybridized carbons (Fsp3) is 0.350. The molecule has 1 saturated heterocycles. The van der Waals surface area contributed by atoms with Crippen molar-refractivity contribution in [3.63, 3.8) is 0 Å². The van der Waals surface area contributed by atoms with Gasteiger partial charge in [0.15, 0.2) is 11.5 Å². The molecule has 1 amide bonds. The number of benzene rings is 2. The summed E-state index contributed by atoms with van der Waals surface area (Å²) in [6.45, 7) is 1.78. The lowest BCUT2D eigenvalue weighted by Gasteiger charge is -2.35. The molecule has 1 N–H and O–H groups in total. The molecule has 27 heavy (non-hydrogen) atoms. The Hall–Kier alpha value is -2.60. The first-order valence-electron chi connectivity index (χ1n) is 8.93. The maximum absolute atomic E-state index is 12.7. The van der Waals surface area contributed by atoms with Crippen LogP contribution in [0.1, 0.15) is 23.2 Å². The van der Waals surface area contributed by atoms with E-state index in [9.17, 15) is 4.79 Å². The van der Waals surface area contributed by atoms with E-state index in [4.69, 9.17) is 25.8 Å². The predicted octanol–water partition coefficient (Wildman–Crippen LogP) is 3.48. The molecule has 2 aromatic carbocycles. The number of halogens is 1. The fourth-order valence-corrected chi connectivity index (χ4v) is 3.84. The van der Waals surface area contributed by atoms with Gasteiger partial charge in [-0.2, -0.15) is 0 Å². The van der Waals surface area contributed by atoms with Crippen molar-refractivity contribution in [1.82, 2.24) is 5.32 Å². The SMILES string of the molecule is COc1ccccc1N1CCCC(NC(=O)c2cc(Cl)c3c(c2)OCO3)C1. The Morgan fingerprint density at radius 3 is 3.00 bits per heavy atom. The molecule has 2 aliphatic heterocycles. The Morgan fingerprint density at radius 2 is 2.15 bits per heavy atom. The van der Waals surface area contributed by atoms with E-state index in [0.29, 0.717) is 22.1 Å². The van der Waals surface area contributed by atoms with Crippen molar-refractivity contribution >= 4 is 23.2 Å². The summed E-state index contributed by atoms with van der Waals surface area (Å²) in [5, 5.41) is 3.50. The summed E-state index contributed by atoms with van der Waals surface area (Å²) in [6.07, 6.45) is 1.92. The Bertz CT molecular complexity index is 858. The Kier molecular flexibility index (Phi) is 4.99. The van der Waals surface area contributed by atoms with Crippen molar-refractivity contribution in [2.75, 3.05) is 31.9 Å². The van der Waals surface area contributed by atoms with E-state index < -0.39 is 0 Å². The number of piperidine rings is 1. The summed E-state index contributed by atoms with van der Waals surface area (Å²) < 4.78 is 16.1. The minimum atomic E-state index is -0.165. The van der Waals surface area contributed by atoms with Gasteiger partial charge in [0.25, 0.3) is 5.91 Å². The first-order valence-corrected chi connectivity index (χ1v) is 9.31. The predicted molar refractivity (Wildman–Crippen MR) is 103 cm³/mol. The Labute approximate surface area is 163 Å². The maximum atomic E-state index is 12.7. The highest BCUT2D eigenvalue weighted by Gasteiger charge is 2.25. The highest BCUT2D eigenvalue weighted by Crippen LogP contribution is 2.39. The maximum Gasteiger partial charge on any atom is 0.251 e. The van der Waals surface area contributed by atoms with Crippen LogP contribution in [0.15, 0.2) is 36.4 Å². The molecule has 0 bridgehead atoms. The zero-order valence-electron chi connectivity index (χ0n) is 15.0. The van der Waals surface area contributed by atoms with Crippen molar-refractivity contribution < 1.29 is 19.0 Å². The summed E-state index contributed by atoms with van der Waals surface area (Å²) in [5.41, 5.74) is 1.52. The van der Waals surface area contributed by atoms with Crippen molar-refractivity contribution in [3.8, 4) is 17.2 Å². The van der Waals surface area contributed by atoms with Crippen molar-refractivity contribution in [2.45, 2.75) is 18.9 Å².